The van der Waals surface area contributed by atoms with E-state index in [9.17, 15) is 4.79 Å². The Hall–Kier alpha value is -0.250. The molecule has 2 rings (SSSR count). The lowest BCUT2D eigenvalue weighted by molar-refractivity contribution is 0.150. The molecule has 2 fully saturated rings. The zero-order valence-electron chi connectivity index (χ0n) is 9.10. The number of hydrogen-bond donors (Lipinski definition) is 1. The van der Waals surface area contributed by atoms with Gasteiger partial charge >= 0.3 is 6.03 Å². The molecule has 0 bridgehead atoms. The molecule has 2 amide bonds. The summed E-state index contributed by atoms with van der Waals surface area (Å²) < 4.78 is 0. The van der Waals surface area contributed by atoms with E-state index in [2.05, 4.69) is 21.2 Å². The van der Waals surface area contributed by atoms with E-state index in [-0.39, 0.29) is 6.03 Å². The molecule has 1 heterocycles. The summed E-state index contributed by atoms with van der Waals surface area (Å²) in [7, 11) is 0. The van der Waals surface area contributed by atoms with E-state index in [1.165, 1.54) is 32.1 Å². The molecule has 86 valence electrons. The summed E-state index contributed by atoms with van der Waals surface area (Å²) in [4.78, 5) is 13.5. The van der Waals surface area contributed by atoms with Crippen molar-refractivity contribution in [2.24, 2.45) is 5.41 Å². The number of urea groups is 1. The number of carbonyl (C=O) groups excluding carboxylic acids is 1. The Morgan fingerprint density at radius 3 is 2.60 bits per heavy atom. The van der Waals surface area contributed by atoms with Gasteiger partial charge in [-0.05, 0) is 18.3 Å². The SMILES string of the molecule is O=C1NCCN1CC1(CBr)CCCCC1. The van der Waals surface area contributed by atoms with Crippen LogP contribution in [0.1, 0.15) is 32.1 Å². The van der Waals surface area contributed by atoms with E-state index in [0.29, 0.717) is 5.41 Å². The maximum Gasteiger partial charge on any atom is 0.317 e. The highest BCUT2D eigenvalue weighted by molar-refractivity contribution is 9.09. The third-order valence-electron chi connectivity index (χ3n) is 3.67. The first-order valence-corrected chi connectivity index (χ1v) is 6.97. The number of nitrogens with zero attached hydrogens (tertiary/aromatic N) is 1. The first-order chi connectivity index (χ1) is 7.26. The van der Waals surface area contributed by atoms with Crippen LogP contribution < -0.4 is 5.32 Å². The lowest BCUT2D eigenvalue weighted by Gasteiger charge is -2.38. The molecule has 1 aliphatic heterocycles. The van der Waals surface area contributed by atoms with E-state index >= 15 is 0 Å². The van der Waals surface area contributed by atoms with E-state index in [0.717, 1.165) is 25.0 Å². The van der Waals surface area contributed by atoms with Crippen LogP contribution in [0, 0.1) is 5.41 Å². The number of amides is 2. The molecule has 15 heavy (non-hydrogen) atoms. The topological polar surface area (TPSA) is 32.3 Å². The fourth-order valence-corrected chi connectivity index (χ4v) is 3.44. The van der Waals surface area contributed by atoms with Gasteiger partial charge in [-0.2, -0.15) is 0 Å². The van der Waals surface area contributed by atoms with E-state index in [1.807, 2.05) is 4.90 Å². The summed E-state index contributed by atoms with van der Waals surface area (Å²) in [5.74, 6) is 0. The number of alkyl halides is 1. The average Bonchev–Trinajstić information content (AvgIpc) is 2.66. The molecule has 1 saturated carbocycles. The van der Waals surface area contributed by atoms with Crippen molar-refractivity contribution in [1.82, 2.24) is 10.2 Å². The maximum atomic E-state index is 11.5. The van der Waals surface area contributed by atoms with Crippen molar-refractivity contribution in [3.63, 3.8) is 0 Å². The van der Waals surface area contributed by atoms with Gasteiger partial charge in [-0.1, -0.05) is 35.2 Å². The van der Waals surface area contributed by atoms with Crippen LogP contribution in [0.2, 0.25) is 0 Å². The summed E-state index contributed by atoms with van der Waals surface area (Å²) in [6.45, 7) is 2.63. The predicted octanol–water partition coefficient (Wildman–Crippen LogP) is 2.36. The van der Waals surface area contributed by atoms with Crippen molar-refractivity contribution in [3.05, 3.63) is 0 Å². The highest BCUT2D eigenvalue weighted by atomic mass is 79.9. The summed E-state index contributed by atoms with van der Waals surface area (Å²) >= 11 is 3.64. The van der Waals surface area contributed by atoms with Gasteiger partial charge in [0.2, 0.25) is 0 Å². The van der Waals surface area contributed by atoms with Crippen LogP contribution >= 0.6 is 15.9 Å². The van der Waals surface area contributed by atoms with Crippen LogP contribution in [0.4, 0.5) is 4.79 Å². The van der Waals surface area contributed by atoms with Gasteiger partial charge in [0, 0.05) is 25.0 Å². The Morgan fingerprint density at radius 2 is 2.07 bits per heavy atom. The fraction of sp³-hybridized carbons (Fsp3) is 0.909. The van der Waals surface area contributed by atoms with Gasteiger partial charge in [0.15, 0.2) is 0 Å². The van der Waals surface area contributed by atoms with Gasteiger partial charge < -0.3 is 10.2 Å². The zero-order valence-corrected chi connectivity index (χ0v) is 10.7. The molecular weight excluding hydrogens is 256 g/mol. The van der Waals surface area contributed by atoms with Crippen molar-refractivity contribution in [1.29, 1.82) is 0 Å². The van der Waals surface area contributed by atoms with E-state index in [4.69, 9.17) is 0 Å². The Balaban J connectivity index is 1.97. The Kier molecular flexibility index (Phi) is 3.54. The van der Waals surface area contributed by atoms with Crippen LogP contribution in [-0.4, -0.2) is 35.9 Å². The quantitative estimate of drug-likeness (QED) is 0.788. The molecule has 0 atom stereocenters. The minimum Gasteiger partial charge on any atom is -0.336 e. The van der Waals surface area contributed by atoms with Gasteiger partial charge in [0.05, 0.1) is 0 Å². The molecule has 3 nitrogen and oxygen atoms in total. The molecule has 0 spiro atoms. The molecule has 0 aromatic carbocycles. The average molecular weight is 275 g/mol. The van der Waals surface area contributed by atoms with Gasteiger partial charge in [-0.25, -0.2) is 4.79 Å². The van der Waals surface area contributed by atoms with Crippen LogP contribution in [0.15, 0.2) is 0 Å². The number of carbonyl (C=O) groups is 1. The summed E-state index contributed by atoms with van der Waals surface area (Å²) in [6, 6.07) is 0.126. The largest absolute Gasteiger partial charge is 0.336 e. The molecule has 1 N–H and O–H groups in total. The molecule has 4 heteroatoms. The van der Waals surface area contributed by atoms with Gasteiger partial charge in [0.1, 0.15) is 0 Å². The lowest BCUT2D eigenvalue weighted by Crippen LogP contribution is -2.41. The van der Waals surface area contributed by atoms with Crippen LogP contribution in [0.5, 0.6) is 0 Å². The minimum absolute atomic E-state index is 0.126. The predicted molar refractivity (Wildman–Crippen MR) is 64.3 cm³/mol. The number of rotatable bonds is 3. The van der Waals surface area contributed by atoms with Crippen LogP contribution in [-0.2, 0) is 0 Å². The number of nitrogens with one attached hydrogen (secondary N) is 1. The normalized spacial score (nSPS) is 25.4. The zero-order chi connectivity index (χ0) is 10.7. The van der Waals surface area contributed by atoms with Crippen molar-refractivity contribution in [2.75, 3.05) is 25.0 Å². The maximum absolute atomic E-state index is 11.5. The standard InChI is InChI=1S/C11H19BrN2O/c12-8-11(4-2-1-3-5-11)9-14-7-6-13-10(14)15/h1-9H2,(H,13,15). The second kappa shape index (κ2) is 4.73. The van der Waals surface area contributed by atoms with Crippen LogP contribution in [0.3, 0.4) is 0 Å². The summed E-state index contributed by atoms with van der Waals surface area (Å²) in [6.07, 6.45) is 6.53. The van der Waals surface area contributed by atoms with E-state index < -0.39 is 0 Å². The van der Waals surface area contributed by atoms with Crippen molar-refractivity contribution in [2.45, 2.75) is 32.1 Å². The third-order valence-corrected chi connectivity index (χ3v) is 4.86. The lowest BCUT2D eigenvalue weighted by atomic mass is 9.75. The van der Waals surface area contributed by atoms with Crippen molar-refractivity contribution in [3.8, 4) is 0 Å². The molecule has 1 saturated heterocycles. The Morgan fingerprint density at radius 1 is 1.33 bits per heavy atom. The molecule has 1 aliphatic carbocycles. The minimum atomic E-state index is 0.126. The first-order valence-electron chi connectivity index (χ1n) is 5.85. The fourth-order valence-electron chi connectivity index (χ4n) is 2.70. The second-order valence-corrected chi connectivity index (χ2v) is 5.41. The van der Waals surface area contributed by atoms with Gasteiger partial charge in [0.25, 0.3) is 0 Å². The molecule has 0 unspecified atom stereocenters. The molecular formula is C11H19BrN2O. The second-order valence-electron chi connectivity index (χ2n) is 4.85. The van der Waals surface area contributed by atoms with Crippen molar-refractivity contribution < 1.29 is 4.79 Å². The molecule has 0 aromatic heterocycles. The van der Waals surface area contributed by atoms with Crippen LogP contribution in [0.25, 0.3) is 0 Å². The molecule has 0 aromatic rings. The number of hydrogen-bond acceptors (Lipinski definition) is 1. The number of halogens is 1. The monoisotopic (exact) mass is 274 g/mol. The highest BCUT2D eigenvalue weighted by Crippen LogP contribution is 2.38. The Bertz CT molecular complexity index is 239. The summed E-state index contributed by atoms with van der Waals surface area (Å²) in [5, 5.41) is 3.90. The first kappa shape index (κ1) is 11.2. The highest BCUT2D eigenvalue weighted by Gasteiger charge is 2.35. The van der Waals surface area contributed by atoms with E-state index in [1.54, 1.807) is 0 Å². The smallest absolute Gasteiger partial charge is 0.317 e. The molecule has 0 radical (unpaired) electrons. The summed E-state index contributed by atoms with van der Waals surface area (Å²) in [5.41, 5.74) is 0.347. The molecule has 2 aliphatic rings. The van der Waals surface area contributed by atoms with Gasteiger partial charge in [-0.3, -0.25) is 0 Å². The van der Waals surface area contributed by atoms with Crippen molar-refractivity contribution >= 4 is 22.0 Å². The third kappa shape index (κ3) is 2.47. The Labute approximate surface area is 99.7 Å². The van der Waals surface area contributed by atoms with Gasteiger partial charge in [-0.15, -0.1) is 0 Å².